The zero-order chi connectivity index (χ0) is 10.8. The lowest BCUT2D eigenvalue weighted by Crippen LogP contribution is -2.34. The van der Waals surface area contributed by atoms with Crippen molar-refractivity contribution < 1.29 is 5.11 Å². The van der Waals surface area contributed by atoms with Crippen LogP contribution in [0.3, 0.4) is 0 Å². The van der Waals surface area contributed by atoms with E-state index in [1.54, 1.807) is 0 Å². The maximum atomic E-state index is 8.94. The highest BCUT2D eigenvalue weighted by Crippen LogP contribution is 2.25. The molecule has 0 heterocycles. The summed E-state index contributed by atoms with van der Waals surface area (Å²) in [7, 11) is 0. The molecule has 1 aromatic rings. The SMILES string of the molecule is Cc1ccc(C)c(C(C)(N)CCO)c1. The minimum Gasteiger partial charge on any atom is -0.396 e. The lowest BCUT2D eigenvalue weighted by Gasteiger charge is -2.26. The topological polar surface area (TPSA) is 46.2 Å². The average molecular weight is 193 g/mol. The quantitative estimate of drug-likeness (QED) is 0.769. The van der Waals surface area contributed by atoms with Crippen molar-refractivity contribution in [2.75, 3.05) is 6.61 Å². The third-order valence-corrected chi connectivity index (χ3v) is 2.64. The fourth-order valence-electron chi connectivity index (χ4n) is 1.72. The molecule has 78 valence electrons. The number of hydrogen-bond acceptors (Lipinski definition) is 2. The summed E-state index contributed by atoms with van der Waals surface area (Å²) in [5.41, 5.74) is 9.26. The van der Waals surface area contributed by atoms with Crippen LogP contribution in [0.15, 0.2) is 18.2 Å². The standard InChI is InChI=1S/C12H19NO/c1-9-4-5-10(2)11(8-9)12(3,13)6-7-14/h4-5,8,14H,6-7,13H2,1-3H3. The summed E-state index contributed by atoms with van der Waals surface area (Å²) in [5, 5.41) is 8.94. The molecule has 0 aliphatic heterocycles. The van der Waals surface area contributed by atoms with Gasteiger partial charge in [-0.05, 0) is 38.3 Å². The van der Waals surface area contributed by atoms with Crippen molar-refractivity contribution in [3.8, 4) is 0 Å². The average Bonchev–Trinajstić information content (AvgIpc) is 2.09. The molecular formula is C12H19NO. The molecule has 3 N–H and O–H groups in total. The Labute approximate surface area is 85.8 Å². The van der Waals surface area contributed by atoms with Gasteiger partial charge in [-0.2, -0.15) is 0 Å². The van der Waals surface area contributed by atoms with E-state index in [1.165, 1.54) is 11.1 Å². The van der Waals surface area contributed by atoms with Crippen molar-refractivity contribution in [1.82, 2.24) is 0 Å². The zero-order valence-corrected chi connectivity index (χ0v) is 9.17. The van der Waals surface area contributed by atoms with Crippen molar-refractivity contribution in [3.05, 3.63) is 34.9 Å². The van der Waals surface area contributed by atoms with Gasteiger partial charge in [0, 0.05) is 12.1 Å². The lowest BCUT2D eigenvalue weighted by molar-refractivity contribution is 0.247. The van der Waals surface area contributed by atoms with Crippen molar-refractivity contribution in [2.24, 2.45) is 5.73 Å². The summed E-state index contributed by atoms with van der Waals surface area (Å²) >= 11 is 0. The monoisotopic (exact) mass is 193 g/mol. The Kier molecular flexibility index (Phi) is 3.29. The van der Waals surface area contributed by atoms with E-state index in [4.69, 9.17) is 10.8 Å². The van der Waals surface area contributed by atoms with Crippen LogP contribution in [0.25, 0.3) is 0 Å². The van der Waals surface area contributed by atoms with Gasteiger partial charge in [-0.15, -0.1) is 0 Å². The van der Waals surface area contributed by atoms with Gasteiger partial charge in [0.2, 0.25) is 0 Å². The van der Waals surface area contributed by atoms with Gasteiger partial charge >= 0.3 is 0 Å². The summed E-state index contributed by atoms with van der Waals surface area (Å²) in [6.45, 7) is 6.20. The molecule has 1 rings (SSSR count). The van der Waals surface area contributed by atoms with Gasteiger partial charge in [0.15, 0.2) is 0 Å². The summed E-state index contributed by atoms with van der Waals surface area (Å²) in [4.78, 5) is 0. The summed E-state index contributed by atoms with van der Waals surface area (Å²) in [5.74, 6) is 0. The van der Waals surface area contributed by atoms with Gasteiger partial charge in [-0.1, -0.05) is 23.8 Å². The molecule has 0 aromatic heterocycles. The lowest BCUT2D eigenvalue weighted by atomic mass is 9.86. The molecule has 0 aliphatic rings. The number of aryl methyl sites for hydroxylation is 2. The minimum atomic E-state index is -0.426. The number of benzene rings is 1. The van der Waals surface area contributed by atoms with E-state index in [-0.39, 0.29) is 6.61 Å². The summed E-state index contributed by atoms with van der Waals surface area (Å²) in [6.07, 6.45) is 0.595. The Morgan fingerprint density at radius 3 is 2.57 bits per heavy atom. The third-order valence-electron chi connectivity index (χ3n) is 2.64. The third kappa shape index (κ3) is 2.34. The molecule has 0 radical (unpaired) electrons. The van der Waals surface area contributed by atoms with Crippen LogP contribution in [-0.4, -0.2) is 11.7 Å². The van der Waals surface area contributed by atoms with E-state index < -0.39 is 5.54 Å². The van der Waals surface area contributed by atoms with Crippen LogP contribution < -0.4 is 5.73 Å². The fraction of sp³-hybridized carbons (Fsp3) is 0.500. The molecular weight excluding hydrogens is 174 g/mol. The Morgan fingerprint density at radius 1 is 1.36 bits per heavy atom. The first-order valence-electron chi connectivity index (χ1n) is 4.95. The predicted octanol–water partition coefficient (Wildman–Crippen LogP) is 1.86. The first-order valence-corrected chi connectivity index (χ1v) is 4.95. The molecule has 1 unspecified atom stereocenters. The van der Waals surface area contributed by atoms with Crippen LogP contribution in [0, 0.1) is 13.8 Å². The zero-order valence-electron chi connectivity index (χ0n) is 9.17. The van der Waals surface area contributed by atoms with Crippen LogP contribution >= 0.6 is 0 Å². The predicted molar refractivity (Wildman–Crippen MR) is 59.2 cm³/mol. The molecule has 0 saturated heterocycles. The maximum Gasteiger partial charge on any atom is 0.0451 e. The Hall–Kier alpha value is -0.860. The fourth-order valence-corrected chi connectivity index (χ4v) is 1.72. The first-order chi connectivity index (χ1) is 6.47. The minimum absolute atomic E-state index is 0.125. The number of aliphatic hydroxyl groups excluding tert-OH is 1. The molecule has 0 amide bonds. The molecule has 0 aliphatic carbocycles. The van der Waals surface area contributed by atoms with Crippen LogP contribution in [0.1, 0.15) is 30.0 Å². The number of aliphatic hydroxyl groups is 1. The number of hydrogen-bond donors (Lipinski definition) is 2. The molecule has 1 aromatic carbocycles. The van der Waals surface area contributed by atoms with E-state index in [9.17, 15) is 0 Å². The number of nitrogens with two attached hydrogens (primary N) is 1. The van der Waals surface area contributed by atoms with Gasteiger partial charge in [0.05, 0.1) is 0 Å². The smallest absolute Gasteiger partial charge is 0.0451 e. The summed E-state index contributed by atoms with van der Waals surface area (Å²) in [6, 6.07) is 6.26. The van der Waals surface area contributed by atoms with Gasteiger partial charge in [0.25, 0.3) is 0 Å². The van der Waals surface area contributed by atoms with E-state index >= 15 is 0 Å². The molecule has 1 atom stereocenters. The highest BCUT2D eigenvalue weighted by Gasteiger charge is 2.22. The highest BCUT2D eigenvalue weighted by molar-refractivity contribution is 5.35. The van der Waals surface area contributed by atoms with Crippen LogP contribution in [0.2, 0.25) is 0 Å². The maximum absolute atomic E-state index is 8.94. The number of rotatable bonds is 3. The highest BCUT2D eigenvalue weighted by atomic mass is 16.3. The van der Waals surface area contributed by atoms with E-state index in [1.807, 2.05) is 6.92 Å². The second-order valence-corrected chi connectivity index (χ2v) is 4.21. The Balaban J connectivity index is 3.10. The first kappa shape index (κ1) is 11.2. The van der Waals surface area contributed by atoms with Crippen LogP contribution in [0.5, 0.6) is 0 Å². The Morgan fingerprint density at radius 2 is 2.00 bits per heavy atom. The molecule has 0 saturated carbocycles. The van der Waals surface area contributed by atoms with Crippen molar-refractivity contribution in [2.45, 2.75) is 32.7 Å². The van der Waals surface area contributed by atoms with E-state index in [0.29, 0.717) is 6.42 Å². The molecule has 0 bridgehead atoms. The van der Waals surface area contributed by atoms with Gasteiger partial charge in [0.1, 0.15) is 0 Å². The molecule has 2 heteroatoms. The second kappa shape index (κ2) is 4.11. The summed E-state index contributed by atoms with van der Waals surface area (Å²) < 4.78 is 0. The van der Waals surface area contributed by atoms with Crippen molar-refractivity contribution in [3.63, 3.8) is 0 Å². The van der Waals surface area contributed by atoms with E-state index in [0.717, 1.165) is 5.56 Å². The Bertz CT molecular complexity index is 318. The van der Waals surface area contributed by atoms with E-state index in [2.05, 4.69) is 32.0 Å². The second-order valence-electron chi connectivity index (χ2n) is 4.21. The largest absolute Gasteiger partial charge is 0.396 e. The van der Waals surface area contributed by atoms with Crippen molar-refractivity contribution in [1.29, 1.82) is 0 Å². The molecule has 2 nitrogen and oxygen atoms in total. The molecule has 0 fully saturated rings. The van der Waals surface area contributed by atoms with Crippen molar-refractivity contribution >= 4 is 0 Å². The van der Waals surface area contributed by atoms with Crippen LogP contribution in [-0.2, 0) is 5.54 Å². The van der Waals surface area contributed by atoms with Crippen LogP contribution in [0.4, 0.5) is 0 Å². The van der Waals surface area contributed by atoms with Gasteiger partial charge in [-0.3, -0.25) is 0 Å². The van der Waals surface area contributed by atoms with Gasteiger partial charge in [-0.25, -0.2) is 0 Å². The molecule has 0 spiro atoms. The normalized spacial score (nSPS) is 15.2. The molecule has 14 heavy (non-hydrogen) atoms. The van der Waals surface area contributed by atoms with Gasteiger partial charge < -0.3 is 10.8 Å².